The van der Waals surface area contributed by atoms with Gasteiger partial charge in [0, 0.05) is 24.7 Å². The van der Waals surface area contributed by atoms with E-state index in [1.165, 1.54) is 11.3 Å². The van der Waals surface area contributed by atoms with Gasteiger partial charge >= 0.3 is 0 Å². The normalized spacial score (nSPS) is 18.2. The number of carbonyl (C=O) groups is 1. The van der Waals surface area contributed by atoms with Crippen LogP contribution in [0.15, 0.2) is 46.0 Å². The van der Waals surface area contributed by atoms with Crippen molar-refractivity contribution in [3.63, 3.8) is 0 Å². The van der Waals surface area contributed by atoms with E-state index in [4.69, 9.17) is 4.74 Å². The van der Waals surface area contributed by atoms with Crippen molar-refractivity contribution in [1.82, 2.24) is 9.62 Å². The molecule has 0 spiro atoms. The number of hydrogen-bond donors (Lipinski definition) is 1. The second-order valence-corrected chi connectivity index (χ2v) is 9.54. The molecule has 1 unspecified atom stereocenters. The van der Waals surface area contributed by atoms with Gasteiger partial charge in [-0.2, -0.15) is 4.31 Å². The number of amides is 1. The highest BCUT2D eigenvalue weighted by Crippen LogP contribution is 2.29. The van der Waals surface area contributed by atoms with Gasteiger partial charge in [-0.1, -0.05) is 18.6 Å². The maximum atomic E-state index is 12.9. The third-order valence-corrected chi connectivity index (χ3v) is 8.05. The minimum absolute atomic E-state index is 0.0866. The number of piperidine rings is 1. The minimum Gasteiger partial charge on any atom is -0.497 e. The Balaban J connectivity index is 1.61. The summed E-state index contributed by atoms with van der Waals surface area (Å²) in [5, 5.41) is 4.67. The van der Waals surface area contributed by atoms with E-state index in [9.17, 15) is 13.2 Å². The number of nitrogens with zero attached hydrogens (tertiary/aromatic N) is 1. The topological polar surface area (TPSA) is 75.7 Å². The molecule has 1 N–H and O–H groups in total. The minimum atomic E-state index is -3.46. The molecule has 1 amide bonds. The standard InChI is InChI=1S/C19H24N2O4S2/c1-25-17-8-4-6-15(14-17)19(22)20-11-10-16-7-2-3-12-21(16)27(23,24)18-9-5-13-26-18/h4-6,8-9,13-14,16H,2-3,7,10-12H2,1H3,(H,20,22). The largest absolute Gasteiger partial charge is 0.497 e. The van der Waals surface area contributed by atoms with E-state index < -0.39 is 10.0 Å². The SMILES string of the molecule is COc1cccc(C(=O)NCCC2CCCCN2S(=O)(=O)c2cccs2)c1. The van der Waals surface area contributed by atoms with Gasteiger partial charge in [0.05, 0.1) is 7.11 Å². The lowest BCUT2D eigenvalue weighted by molar-refractivity contribution is 0.0949. The average molecular weight is 409 g/mol. The van der Waals surface area contributed by atoms with Crippen LogP contribution in [0.2, 0.25) is 0 Å². The van der Waals surface area contributed by atoms with Crippen LogP contribution in [0, 0.1) is 0 Å². The number of thiophene rings is 1. The molecular formula is C19H24N2O4S2. The summed E-state index contributed by atoms with van der Waals surface area (Å²) in [5.74, 6) is 0.445. The molecule has 1 atom stereocenters. The maximum Gasteiger partial charge on any atom is 0.252 e. The van der Waals surface area contributed by atoms with Gasteiger partial charge in [-0.15, -0.1) is 11.3 Å². The van der Waals surface area contributed by atoms with Crippen molar-refractivity contribution < 1.29 is 17.9 Å². The molecular weight excluding hydrogens is 384 g/mol. The molecule has 2 heterocycles. The van der Waals surface area contributed by atoms with E-state index in [1.54, 1.807) is 53.2 Å². The van der Waals surface area contributed by atoms with Gasteiger partial charge in [-0.25, -0.2) is 8.42 Å². The molecule has 6 nitrogen and oxygen atoms in total. The van der Waals surface area contributed by atoms with Crippen LogP contribution in [0.5, 0.6) is 5.75 Å². The van der Waals surface area contributed by atoms with Crippen LogP contribution >= 0.6 is 11.3 Å². The average Bonchev–Trinajstić information content (AvgIpc) is 3.24. The molecule has 8 heteroatoms. The lowest BCUT2D eigenvalue weighted by Gasteiger charge is -2.34. The Bertz CT molecular complexity index is 866. The summed E-state index contributed by atoms with van der Waals surface area (Å²) in [6.07, 6.45) is 3.29. The van der Waals surface area contributed by atoms with Crippen molar-refractivity contribution in [2.45, 2.75) is 35.9 Å². The molecule has 1 aromatic heterocycles. The quantitative estimate of drug-likeness (QED) is 0.764. The Morgan fingerprint density at radius 3 is 2.89 bits per heavy atom. The Labute approximate surface area is 164 Å². The molecule has 27 heavy (non-hydrogen) atoms. The van der Waals surface area contributed by atoms with Crippen LogP contribution in [0.1, 0.15) is 36.0 Å². The lowest BCUT2D eigenvalue weighted by Crippen LogP contribution is -2.44. The van der Waals surface area contributed by atoms with Crippen LogP contribution in [-0.2, 0) is 10.0 Å². The molecule has 0 aliphatic carbocycles. The van der Waals surface area contributed by atoms with E-state index in [0.29, 0.717) is 35.0 Å². The van der Waals surface area contributed by atoms with Gasteiger partial charge in [0.25, 0.3) is 15.9 Å². The number of nitrogens with one attached hydrogen (secondary N) is 1. The van der Waals surface area contributed by atoms with Crippen molar-refractivity contribution in [1.29, 1.82) is 0 Å². The van der Waals surface area contributed by atoms with E-state index in [2.05, 4.69) is 5.32 Å². The number of sulfonamides is 1. The summed E-state index contributed by atoms with van der Waals surface area (Å²) in [6, 6.07) is 10.3. The maximum absolute atomic E-state index is 12.9. The summed E-state index contributed by atoms with van der Waals surface area (Å²) >= 11 is 1.24. The third-order valence-electron chi connectivity index (χ3n) is 4.73. The fraction of sp³-hybridized carbons (Fsp3) is 0.421. The zero-order chi connectivity index (χ0) is 19.3. The van der Waals surface area contributed by atoms with Crippen molar-refractivity contribution >= 4 is 27.3 Å². The fourth-order valence-electron chi connectivity index (χ4n) is 3.32. The van der Waals surface area contributed by atoms with Crippen LogP contribution in [0.25, 0.3) is 0 Å². The Hall–Kier alpha value is -1.90. The number of benzene rings is 1. The van der Waals surface area contributed by atoms with E-state index in [0.717, 1.165) is 19.3 Å². The van der Waals surface area contributed by atoms with E-state index >= 15 is 0 Å². The van der Waals surface area contributed by atoms with Gasteiger partial charge in [0.2, 0.25) is 0 Å². The van der Waals surface area contributed by atoms with Crippen LogP contribution < -0.4 is 10.1 Å². The van der Waals surface area contributed by atoms with E-state index in [-0.39, 0.29) is 11.9 Å². The Morgan fingerprint density at radius 2 is 2.15 bits per heavy atom. The molecule has 1 aliphatic heterocycles. The highest BCUT2D eigenvalue weighted by molar-refractivity contribution is 7.91. The first-order chi connectivity index (χ1) is 13.0. The highest BCUT2D eigenvalue weighted by Gasteiger charge is 2.33. The monoisotopic (exact) mass is 408 g/mol. The Kier molecular flexibility index (Phi) is 6.51. The number of rotatable bonds is 7. The molecule has 0 bridgehead atoms. The third kappa shape index (κ3) is 4.69. The molecule has 1 saturated heterocycles. The van der Waals surface area contributed by atoms with Gasteiger partial charge in [0.1, 0.15) is 9.96 Å². The van der Waals surface area contributed by atoms with Crippen LogP contribution in [-0.4, -0.2) is 44.9 Å². The van der Waals surface area contributed by atoms with E-state index in [1.807, 2.05) is 0 Å². The fourth-order valence-corrected chi connectivity index (χ4v) is 6.17. The first-order valence-electron chi connectivity index (χ1n) is 9.00. The van der Waals surface area contributed by atoms with Gasteiger partial charge < -0.3 is 10.1 Å². The van der Waals surface area contributed by atoms with Crippen molar-refractivity contribution in [3.05, 3.63) is 47.3 Å². The number of ether oxygens (including phenoxy) is 1. The molecule has 0 radical (unpaired) electrons. The molecule has 1 aliphatic rings. The van der Waals surface area contributed by atoms with Gasteiger partial charge in [-0.3, -0.25) is 4.79 Å². The predicted molar refractivity (Wildman–Crippen MR) is 106 cm³/mol. The smallest absolute Gasteiger partial charge is 0.252 e. The first kappa shape index (κ1) is 19.9. The van der Waals surface area contributed by atoms with Crippen LogP contribution in [0.3, 0.4) is 0 Å². The number of carbonyl (C=O) groups excluding carboxylic acids is 1. The first-order valence-corrected chi connectivity index (χ1v) is 11.3. The highest BCUT2D eigenvalue weighted by atomic mass is 32.2. The summed E-state index contributed by atoms with van der Waals surface area (Å²) < 4.78 is 32.9. The molecule has 0 saturated carbocycles. The molecule has 1 aromatic carbocycles. The predicted octanol–water partition coefficient (Wildman–Crippen LogP) is 3.12. The molecule has 2 aromatic rings. The van der Waals surface area contributed by atoms with Gasteiger partial charge in [-0.05, 0) is 48.9 Å². The summed E-state index contributed by atoms with van der Waals surface area (Å²) in [6.45, 7) is 0.964. The second-order valence-electron chi connectivity index (χ2n) is 6.47. The van der Waals surface area contributed by atoms with Crippen molar-refractivity contribution in [3.8, 4) is 5.75 Å². The molecule has 3 rings (SSSR count). The number of methoxy groups -OCH3 is 1. The molecule has 146 valence electrons. The van der Waals surface area contributed by atoms with Crippen molar-refractivity contribution in [2.75, 3.05) is 20.2 Å². The zero-order valence-electron chi connectivity index (χ0n) is 15.3. The lowest BCUT2D eigenvalue weighted by atomic mass is 10.0. The van der Waals surface area contributed by atoms with Crippen molar-refractivity contribution in [2.24, 2.45) is 0 Å². The zero-order valence-corrected chi connectivity index (χ0v) is 16.9. The molecule has 1 fully saturated rings. The summed E-state index contributed by atoms with van der Waals surface area (Å²) in [5.41, 5.74) is 0.529. The second kappa shape index (κ2) is 8.86. The van der Waals surface area contributed by atoms with Crippen LogP contribution in [0.4, 0.5) is 0 Å². The Morgan fingerprint density at radius 1 is 1.30 bits per heavy atom. The number of hydrogen-bond acceptors (Lipinski definition) is 5. The summed E-state index contributed by atoms with van der Waals surface area (Å²) in [4.78, 5) is 12.3. The van der Waals surface area contributed by atoms with Gasteiger partial charge in [0.15, 0.2) is 0 Å². The summed E-state index contributed by atoms with van der Waals surface area (Å²) in [7, 11) is -1.90.